The van der Waals surface area contributed by atoms with Crippen LogP contribution >= 0.6 is 0 Å². The maximum absolute atomic E-state index is 3.33. The molecule has 1 heterocycles. The molecule has 100 valence electrons. The van der Waals surface area contributed by atoms with Gasteiger partial charge in [-0.3, -0.25) is 4.90 Å². The maximum Gasteiger partial charge on any atom is 0.0354 e. The van der Waals surface area contributed by atoms with E-state index in [9.17, 15) is 0 Å². The fraction of sp³-hybridized carbons (Fsp3) is 0.600. The van der Waals surface area contributed by atoms with Gasteiger partial charge in [0.05, 0.1) is 0 Å². The minimum Gasteiger partial charge on any atom is -0.318 e. The molecular formula is C15H25N3. The zero-order valence-corrected chi connectivity index (χ0v) is 11.8. The van der Waals surface area contributed by atoms with Crippen molar-refractivity contribution in [2.75, 3.05) is 33.7 Å². The summed E-state index contributed by atoms with van der Waals surface area (Å²) in [6, 6.07) is 12.0. The van der Waals surface area contributed by atoms with Gasteiger partial charge < -0.3 is 10.2 Å². The number of rotatable bonds is 4. The fourth-order valence-corrected chi connectivity index (χ4v) is 2.95. The van der Waals surface area contributed by atoms with Crippen LogP contribution in [-0.2, 0) is 6.54 Å². The van der Waals surface area contributed by atoms with E-state index in [0.717, 1.165) is 26.2 Å². The van der Waals surface area contributed by atoms with Gasteiger partial charge in [-0.2, -0.15) is 0 Å². The molecule has 1 saturated heterocycles. The molecule has 0 aliphatic carbocycles. The Morgan fingerprint density at radius 2 is 1.94 bits per heavy atom. The van der Waals surface area contributed by atoms with Gasteiger partial charge in [0.25, 0.3) is 0 Å². The zero-order chi connectivity index (χ0) is 13.0. The molecule has 2 unspecified atom stereocenters. The highest BCUT2D eigenvalue weighted by molar-refractivity contribution is 5.15. The number of hydrogen-bond donors (Lipinski definition) is 1. The topological polar surface area (TPSA) is 18.5 Å². The van der Waals surface area contributed by atoms with Crippen molar-refractivity contribution >= 4 is 0 Å². The molecule has 1 N–H and O–H groups in total. The quantitative estimate of drug-likeness (QED) is 0.868. The van der Waals surface area contributed by atoms with Crippen LogP contribution in [0.3, 0.4) is 0 Å². The summed E-state index contributed by atoms with van der Waals surface area (Å²) in [6.07, 6.45) is 0. The Labute approximate surface area is 111 Å². The smallest absolute Gasteiger partial charge is 0.0354 e. The van der Waals surface area contributed by atoms with E-state index in [1.807, 2.05) is 7.05 Å². The summed E-state index contributed by atoms with van der Waals surface area (Å²) in [5, 5.41) is 3.33. The molecule has 1 aliphatic heterocycles. The summed E-state index contributed by atoms with van der Waals surface area (Å²) in [5.74, 6) is 0. The lowest BCUT2D eigenvalue weighted by atomic mass is 10.1. The van der Waals surface area contributed by atoms with E-state index in [0.29, 0.717) is 12.1 Å². The van der Waals surface area contributed by atoms with Crippen LogP contribution in [0, 0.1) is 0 Å². The van der Waals surface area contributed by atoms with Crippen LogP contribution in [0.15, 0.2) is 30.3 Å². The highest BCUT2D eigenvalue weighted by Gasteiger charge is 2.29. The molecule has 1 fully saturated rings. The number of likely N-dealkylation sites (N-methyl/N-ethyl adjacent to an activating group) is 2. The number of nitrogens with one attached hydrogen (secondary N) is 1. The SMILES string of the molecule is CNCC1CN(C)CC(C)N1Cc1ccccc1. The third-order valence-electron chi connectivity index (χ3n) is 3.78. The molecule has 2 rings (SSSR count). The second kappa shape index (κ2) is 6.32. The molecule has 1 aliphatic rings. The number of piperazine rings is 1. The van der Waals surface area contributed by atoms with Gasteiger partial charge in [0, 0.05) is 38.3 Å². The lowest BCUT2D eigenvalue weighted by Gasteiger charge is -2.44. The summed E-state index contributed by atoms with van der Waals surface area (Å²) >= 11 is 0. The lowest BCUT2D eigenvalue weighted by Crippen LogP contribution is -2.58. The molecule has 1 aromatic rings. The second-order valence-electron chi connectivity index (χ2n) is 5.44. The van der Waals surface area contributed by atoms with Crippen LogP contribution in [0.25, 0.3) is 0 Å². The Balaban J connectivity index is 2.07. The van der Waals surface area contributed by atoms with Crippen LogP contribution < -0.4 is 5.32 Å². The first kappa shape index (κ1) is 13.5. The second-order valence-corrected chi connectivity index (χ2v) is 5.44. The minimum absolute atomic E-state index is 0.601. The van der Waals surface area contributed by atoms with Gasteiger partial charge in [-0.25, -0.2) is 0 Å². The van der Waals surface area contributed by atoms with Crippen molar-refractivity contribution in [3.8, 4) is 0 Å². The van der Waals surface area contributed by atoms with Crippen molar-refractivity contribution in [2.45, 2.75) is 25.6 Å². The molecule has 0 aromatic heterocycles. The van der Waals surface area contributed by atoms with Crippen LogP contribution in [0.5, 0.6) is 0 Å². The van der Waals surface area contributed by atoms with Crippen LogP contribution in [-0.4, -0.2) is 55.6 Å². The van der Waals surface area contributed by atoms with Gasteiger partial charge >= 0.3 is 0 Å². The first-order valence-corrected chi connectivity index (χ1v) is 6.83. The monoisotopic (exact) mass is 247 g/mol. The van der Waals surface area contributed by atoms with E-state index in [4.69, 9.17) is 0 Å². The molecule has 3 heteroatoms. The van der Waals surface area contributed by atoms with Crippen molar-refractivity contribution in [3.05, 3.63) is 35.9 Å². The Morgan fingerprint density at radius 1 is 1.22 bits per heavy atom. The molecule has 3 nitrogen and oxygen atoms in total. The summed E-state index contributed by atoms with van der Waals surface area (Å²) in [6.45, 7) is 6.76. The molecule has 0 spiro atoms. The largest absolute Gasteiger partial charge is 0.318 e. The van der Waals surface area contributed by atoms with E-state index in [1.165, 1.54) is 5.56 Å². The molecule has 2 atom stereocenters. The molecule has 0 radical (unpaired) electrons. The summed E-state index contributed by atoms with van der Waals surface area (Å²) in [5.41, 5.74) is 1.41. The number of nitrogens with zero attached hydrogens (tertiary/aromatic N) is 2. The Kier molecular flexibility index (Phi) is 4.75. The molecule has 18 heavy (non-hydrogen) atoms. The van der Waals surface area contributed by atoms with Gasteiger partial charge in [-0.1, -0.05) is 30.3 Å². The molecule has 0 amide bonds. The van der Waals surface area contributed by atoms with E-state index in [-0.39, 0.29) is 0 Å². The normalized spacial score (nSPS) is 26.4. The van der Waals surface area contributed by atoms with Gasteiger partial charge in [0.2, 0.25) is 0 Å². The Bertz CT molecular complexity index is 352. The number of hydrogen-bond acceptors (Lipinski definition) is 3. The average molecular weight is 247 g/mol. The van der Waals surface area contributed by atoms with Gasteiger partial charge in [-0.15, -0.1) is 0 Å². The van der Waals surface area contributed by atoms with Crippen LogP contribution in [0.1, 0.15) is 12.5 Å². The Hall–Kier alpha value is -0.900. The average Bonchev–Trinajstić information content (AvgIpc) is 2.35. The molecule has 0 saturated carbocycles. The van der Waals surface area contributed by atoms with Crippen LogP contribution in [0.2, 0.25) is 0 Å². The first-order chi connectivity index (χ1) is 8.70. The van der Waals surface area contributed by atoms with E-state index in [1.54, 1.807) is 0 Å². The minimum atomic E-state index is 0.601. The van der Waals surface area contributed by atoms with Crippen molar-refractivity contribution in [2.24, 2.45) is 0 Å². The summed E-state index contributed by atoms with van der Waals surface area (Å²) in [7, 11) is 4.26. The van der Waals surface area contributed by atoms with Crippen molar-refractivity contribution in [1.82, 2.24) is 15.1 Å². The first-order valence-electron chi connectivity index (χ1n) is 6.83. The third-order valence-corrected chi connectivity index (χ3v) is 3.78. The predicted octanol–water partition coefficient (Wildman–Crippen LogP) is 1.41. The van der Waals surface area contributed by atoms with Gasteiger partial charge in [-0.05, 0) is 26.6 Å². The third kappa shape index (κ3) is 3.31. The molecule has 1 aromatic carbocycles. The summed E-state index contributed by atoms with van der Waals surface area (Å²) in [4.78, 5) is 5.07. The van der Waals surface area contributed by atoms with Gasteiger partial charge in [0.15, 0.2) is 0 Å². The van der Waals surface area contributed by atoms with Crippen molar-refractivity contribution < 1.29 is 0 Å². The predicted molar refractivity (Wildman–Crippen MR) is 76.7 cm³/mol. The molecular weight excluding hydrogens is 222 g/mol. The highest BCUT2D eigenvalue weighted by Crippen LogP contribution is 2.17. The van der Waals surface area contributed by atoms with E-state index in [2.05, 4.69) is 59.4 Å². The van der Waals surface area contributed by atoms with E-state index < -0.39 is 0 Å². The number of benzene rings is 1. The molecule has 0 bridgehead atoms. The van der Waals surface area contributed by atoms with Crippen molar-refractivity contribution in [1.29, 1.82) is 0 Å². The fourth-order valence-electron chi connectivity index (χ4n) is 2.95. The maximum atomic E-state index is 3.33. The Morgan fingerprint density at radius 3 is 2.61 bits per heavy atom. The zero-order valence-electron chi connectivity index (χ0n) is 11.8. The summed E-state index contributed by atoms with van der Waals surface area (Å²) < 4.78 is 0. The highest BCUT2D eigenvalue weighted by atomic mass is 15.3. The van der Waals surface area contributed by atoms with Gasteiger partial charge in [0.1, 0.15) is 0 Å². The van der Waals surface area contributed by atoms with Crippen LogP contribution in [0.4, 0.5) is 0 Å². The van der Waals surface area contributed by atoms with E-state index >= 15 is 0 Å². The standard InChI is InChI=1S/C15H25N3/c1-13-10-17(3)12-15(9-16-2)18(13)11-14-7-5-4-6-8-14/h4-8,13,15-16H,9-12H2,1-3H3. The van der Waals surface area contributed by atoms with Crippen molar-refractivity contribution in [3.63, 3.8) is 0 Å². The lowest BCUT2D eigenvalue weighted by molar-refractivity contribution is 0.0379.